The molecule has 116 heavy (non-hydrogen) atoms. The summed E-state index contributed by atoms with van der Waals surface area (Å²) in [6.07, 6.45) is 32.9. The molecule has 16 nitrogen and oxygen atoms in total. The number of hydrogen-bond donors (Lipinski definition) is 0. The summed E-state index contributed by atoms with van der Waals surface area (Å²) in [4.78, 5) is 37.3. The maximum absolute atomic E-state index is 2.44. The van der Waals surface area contributed by atoms with Crippen LogP contribution in [0.1, 0.15) is 91.5 Å². The van der Waals surface area contributed by atoms with Crippen molar-refractivity contribution in [1.29, 1.82) is 0 Å². The monoisotopic (exact) mass is 1540 g/mol. The smallest absolute Gasteiger partial charge is 0.107 e. The first-order valence-corrected chi connectivity index (χ1v) is 41.2. The van der Waals surface area contributed by atoms with E-state index in [1.54, 1.807) is 0 Å². The minimum absolute atomic E-state index is 0.212. The third-order valence-electron chi connectivity index (χ3n) is 26.2. The van der Waals surface area contributed by atoms with E-state index in [4.69, 9.17) is 0 Å². The molecule has 16 heteroatoms. The van der Waals surface area contributed by atoms with Gasteiger partial charge in [0.05, 0.1) is 11.4 Å². The van der Waals surface area contributed by atoms with Gasteiger partial charge in [-0.3, -0.25) is 0 Å². The van der Waals surface area contributed by atoms with Crippen LogP contribution in [0.2, 0.25) is 0 Å². The molecular weight excluding hydrogens is 1430 g/mol. The average molecular weight is 1540 g/mol. The molecule has 0 aromatic heterocycles. The lowest BCUT2D eigenvalue weighted by Gasteiger charge is -2.34. The summed E-state index contributed by atoms with van der Waals surface area (Å²) >= 11 is 0. The van der Waals surface area contributed by atoms with Gasteiger partial charge in [0.25, 0.3) is 0 Å². The summed E-state index contributed by atoms with van der Waals surface area (Å²) in [5.74, 6) is 0. The zero-order chi connectivity index (χ0) is 81.4. The van der Waals surface area contributed by atoms with Crippen LogP contribution in [0, 0.1) is 27.7 Å². The van der Waals surface area contributed by atoms with E-state index in [0.717, 1.165) is 0 Å². The van der Waals surface area contributed by atoms with Crippen molar-refractivity contribution in [3.8, 4) is 0 Å². The fourth-order valence-electron chi connectivity index (χ4n) is 18.2. The van der Waals surface area contributed by atoms with Crippen LogP contribution < -0.4 is 49.0 Å². The molecular formula is C100H114N16. The summed E-state index contributed by atoms with van der Waals surface area (Å²) in [7, 11) is 12.9. The van der Waals surface area contributed by atoms with Gasteiger partial charge in [-0.25, -0.2) is 0 Å². The van der Waals surface area contributed by atoms with E-state index in [2.05, 4.69) is 499 Å². The van der Waals surface area contributed by atoms with E-state index < -0.39 is 0 Å². The summed E-state index contributed by atoms with van der Waals surface area (Å²) in [5, 5.41) is 13.1. The lowest BCUT2D eigenvalue weighted by atomic mass is 9.90. The van der Waals surface area contributed by atoms with Gasteiger partial charge in [0.1, 0.15) is 49.3 Å². The van der Waals surface area contributed by atoms with Gasteiger partial charge in [-0.1, -0.05) is 133 Å². The highest BCUT2D eigenvalue weighted by atomic mass is 15.4. The Bertz CT molecular complexity index is 5660. The Morgan fingerprint density at radius 1 is 0.216 bits per heavy atom. The third kappa shape index (κ3) is 13.5. The largest absolute Gasteiger partial charge is 0.359 e. The molecule has 11 aromatic carbocycles. The highest BCUT2D eigenvalue weighted by Gasteiger charge is 2.36. The highest BCUT2D eigenvalue weighted by Crippen LogP contribution is 2.50. The standard InChI is InChI=1S/C29H30N4.C27H28N4.C25H28N4.C19H28N4/c1-19-27(32-16-14-30(4)20(32)2)18-26-24-12-7-6-10-22(24)23-11-8-9-13-25(23)28(26)29(19)33-17-15-31(5)21(33)3;1-21-26(30-19-17-28(22(30)2)24-11-6-4-7-12-24)15-10-16-27(21)31-20-18-29(23(31)3)25-13-8-5-9-14-25;1-17-23(28-14-12-26(4)18(28)2)16-21-11-10-20-8-6-7-9-22(20)24(21)25(17)29-15-13-27(5)19(29)3;1-13-11-22(16(4)20(13)6)18-9-8-10-19(15(18)3)23-12-14(2)21(7)17(23)5/h6-18,20-21H,1-5H3;4-20,22-23H,1-3H3;6-16,18-19H,1-5H3;8-12,16-17H,1-7H3/t20-,21+;22-,23+;18-,19+;16-,17+/m1.1./s1. The van der Waals surface area contributed by atoms with Gasteiger partial charge in [-0.2, -0.15) is 0 Å². The number of allylic oxidation sites excluding steroid dienone is 2. The van der Waals surface area contributed by atoms with Crippen molar-refractivity contribution in [2.45, 2.75) is 146 Å². The molecule has 11 aromatic rings. The predicted octanol–water partition coefficient (Wildman–Crippen LogP) is 22.2. The predicted molar refractivity (Wildman–Crippen MR) is 495 cm³/mol. The van der Waals surface area contributed by atoms with Crippen LogP contribution in [-0.4, -0.2) is 121 Å². The van der Waals surface area contributed by atoms with Crippen molar-refractivity contribution >= 4 is 111 Å². The average Bonchev–Trinajstić information content (AvgIpc) is 0.881. The van der Waals surface area contributed by atoms with Crippen molar-refractivity contribution in [1.82, 2.24) is 29.4 Å². The molecule has 0 unspecified atom stereocenters. The molecule has 8 atom stereocenters. The Morgan fingerprint density at radius 2 is 0.534 bits per heavy atom. The van der Waals surface area contributed by atoms with Gasteiger partial charge in [0.2, 0.25) is 0 Å². The highest BCUT2D eigenvalue weighted by molar-refractivity contribution is 6.29. The second-order valence-electron chi connectivity index (χ2n) is 32.5. The number of para-hydroxylation sites is 2. The number of benzene rings is 11. The Kier molecular flexibility index (Phi) is 20.9. The first-order valence-electron chi connectivity index (χ1n) is 41.2. The maximum Gasteiger partial charge on any atom is 0.107 e. The van der Waals surface area contributed by atoms with Gasteiger partial charge in [-0.05, 0) is 223 Å². The van der Waals surface area contributed by atoms with Gasteiger partial charge in [-0.15, -0.1) is 0 Å². The van der Waals surface area contributed by atoms with Gasteiger partial charge < -0.3 is 78.4 Å². The lowest BCUT2D eigenvalue weighted by Crippen LogP contribution is -2.37. The Morgan fingerprint density at radius 3 is 0.940 bits per heavy atom. The van der Waals surface area contributed by atoms with E-state index in [1.165, 1.54) is 144 Å². The molecule has 0 aliphatic carbocycles. The first-order chi connectivity index (χ1) is 55.9. The minimum Gasteiger partial charge on any atom is -0.359 e. The van der Waals surface area contributed by atoms with Crippen LogP contribution in [0.15, 0.2) is 292 Å². The minimum atomic E-state index is 0.212. The molecule has 0 N–H and O–H groups in total. The van der Waals surface area contributed by atoms with Crippen LogP contribution in [-0.2, 0) is 0 Å². The van der Waals surface area contributed by atoms with Crippen LogP contribution in [0.5, 0.6) is 0 Å². The quantitative estimate of drug-likeness (QED) is 0.122. The Hall–Kier alpha value is -12.6. The summed E-state index contributed by atoms with van der Waals surface area (Å²) in [5.41, 5.74) is 20.4. The number of anilines is 10. The van der Waals surface area contributed by atoms with Crippen molar-refractivity contribution in [2.24, 2.45) is 0 Å². The van der Waals surface area contributed by atoms with Crippen LogP contribution in [0.25, 0.3) is 53.9 Å². The molecule has 8 aliphatic heterocycles. The molecule has 8 aliphatic rings. The number of nitrogens with zero attached hydrogens (tertiary/aromatic N) is 16. The summed E-state index contributed by atoms with van der Waals surface area (Å²) in [6.45, 7) is 31.4. The van der Waals surface area contributed by atoms with E-state index >= 15 is 0 Å². The van der Waals surface area contributed by atoms with Gasteiger partial charge >= 0.3 is 0 Å². The molecule has 0 amide bonds. The van der Waals surface area contributed by atoms with Crippen molar-refractivity contribution < 1.29 is 0 Å². The Labute approximate surface area is 688 Å². The van der Waals surface area contributed by atoms with E-state index in [1.807, 2.05) is 0 Å². The van der Waals surface area contributed by atoms with Gasteiger partial charge in [0, 0.05) is 197 Å². The number of rotatable bonds is 10. The third-order valence-corrected chi connectivity index (χ3v) is 26.2. The van der Waals surface area contributed by atoms with Gasteiger partial charge in [0.15, 0.2) is 0 Å². The molecule has 0 saturated carbocycles. The molecule has 19 rings (SSSR count). The zero-order valence-electron chi connectivity index (χ0n) is 71.3. The molecule has 0 saturated heterocycles. The number of fused-ring (bicyclic) bond motifs is 9. The molecule has 0 radical (unpaired) electrons. The van der Waals surface area contributed by atoms with E-state index in [0.29, 0.717) is 18.5 Å². The lowest BCUT2D eigenvalue weighted by molar-refractivity contribution is 0.356. The molecule has 594 valence electrons. The van der Waals surface area contributed by atoms with Crippen molar-refractivity contribution in [3.63, 3.8) is 0 Å². The summed E-state index contributed by atoms with van der Waals surface area (Å²) in [6, 6.07) is 70.0. The van der Waals surface area contributed by atoms with Crippen LogP contribution in [0.3, 0.4) is 0 Å². The molecule has 0 bridgehead atoms. The topological polar surface area (TPSA) is 51.8 Å². The SMILES string of the molecule is CC1=CN(c2cccc(N3C=C(C)N(C)[C@@H]3C)c2C)[C@H](C)N1C.Cc1c(N2C=CN(C)[C@H]2C)cc2c3ccccc3c3ccccc3c2c1N1C=CN(C)[C@@H]1C.Cc1c(N2C=CN(C)[C@H]2C)cc2ccc3ccccc3c2c1N1C=CN(C)[C@@H]1C.Cc1c(N2C=CN(c3ccccc3)[C@H]2C)cccc1N1C=CN(c2ccccc2)[C@@H]1C. The first kappa shape index (κ1) is 77.4. The second kappa shape index (κ2) is 31.3. The molecule has 0 fully saturated rings. The molecule has 0 spiro atoms. The maximum atomic E-state index is 2.44. The normalized spacial score (nSPS) is 21.4. The molecule has 8 heterocycles. The van der Waals surface area contributed by atoms with E-state index in [-0.39, 0.29) is 30.8 Å². The second-order valence-corrected chi connectivity index (χ2v) is 32.5. The van der Waals surface area contributed by atoms with E-state index in [9.17, 15) is 0 Å². The fraction of sp³-hybridized carbons (Fsp3) is 0.280. The zero-order valence-corrected chi connectivity index (χ0v) is 71.3. The van der Waals surface area contributed by atoms with Crippen LogP contribution >= 0.6 is 0 Å². The Balaban J connectivity index is 0.000000117. The number of hydrogen-bond acceptors (Lipinski definition) is 16. The summed E-state index contributed by atoms with van der Waals surface area (Å²) < 4.78 is 0. The van der Waals surface area contributed by atoms with Crippen molar-refractivity contribution in [2.75, 3.05) is 91.3 Å². The van der Waals surface area contributed by atoms with Crippen molar-refractivity contribution in [3.05, 3.63) is 315 Å². The van der Waals surface area contributed by atoms with Crippen LogP contribution in [0.4, 0.5) is 56.9 Å². The fourth-order valence-corrected chi connectivity index (χ4v) is 18.2.